The summed E-state index contributed by atoms with van der Waals surface area (Å²) in [5.74, 6) is -0.792. The first-order chi connectivity index (χ1) is 10.6. The van der Waals surface area contributed by atoms with E-state index in [-0.39, 0.29) is 6.42 Å². The van der Waals surface area contributed by atoms with Crippen LogP contribution >= 0.6 is 0 Å². The molecule has 0 aromatic heterocycles. The standard InChI is InChI=1S/C20H26O2/c1-4-7-8-10-17-11-12-18(13-16(6-3)9-5-2)19(14-17)15-20(21)22/h5-6,9,11-12,14H,2-4,7-8,10,13,15H2,1H3,(H,21,22)/b16-9+. The molecular formula is C20H26O2. The number of unbranched alkanes of at least 4 members (excludes halogenated alkanes) is 2. The molecule has 1 rings (SSSR count). The van der Waals surface area contributed by atoms with Gasteiger partial charge < -0.3 is 5.11 Å². The molecule has 0 aliphatic heterocycles. The van der Waals surface area contributed by atoms with Crippen LogP contribution in [0.15, 0.2) is 55.2 Å². The van der Waals surface area contributed by atoms with Gasteiger partial charge in [0.15, 0.2) is 0 Å². The Bertz CT molecular complexity index is 553. The molecule has 0 aliphatic rings. The second kappa shape index (κ2) is 9.78. The van der Waals surface area contributed by atoms with Gasteiger partial charge in [-0.05, 0) is 41.5 Å². The number of allylic oxidation sites excluding steroid dienone is 4. The summed E-state index contributed by atoms with van der Waals surface area (Å²) in [7, 11) is 0. The summed E-state index contributed by atoms with van der Waals surface area (Å²) in [6.07, 6.45) is 10.7. The molecule has 0 heterocycles. The monoisotopic (exact) mass is 298 g/mol. The van der Waals surface area contributed by atoms with E-state index in [4.69, 9.17) is 5.11 Å². The lowest BCUT2D eigenvalue weighted by molar-refractivity contribution is -0.136. The molecule has 2 nitrogen and oxygen atoms in total. The maximum absolute atomic E-state index is 11.1. The van der Waals surface area contributed by atoms with Crippen molar-refractivity contribution in [2.75, 3.05) is 0 Å². The van der Waals surface area contributed by atoms with Gasteiger partial charge in [-0.1, -0.05) is 69.4 Å². The van der Waals surface area contributed by atoms with E-state index in [0.717, 1.165) is 29.5 Å². The Morgan fingerprint density at radius 2 is 1.95 bits per heavy atom. The number of aliphatic carboxylic acids is 1. The van der Waals surface area contributed by atoms with Gasteiger partial charge in [0, 0.05) is 0 Å². The van der Waals surface area contributed by atoms with Crippen LogP contribution < -0.4 is 0 Å². The number of hydrogen-bond donors (Lipinski definition) is 1. The van der Waals surface area contributed by atoms with Crippen LogP contribution in [0.25, 0.3) is 0 Å². The maximum atomic E-state index is 11.1. The number of carbonyl (C=O) groups is 1. The van der Waals surface area contributed by atoms with Gasteiger partial charge in [-0.25, -0.2) is 0 Å². The van der Waals surface area contributed by atoms with Crippen molar-refractivity contribution >= 4 is 5.97 Å². The molecule has 0 amide bonds. The average molecular weight is 298 g/mol. The van der Waals surface area contributed by atoms with Gasteiger partial charge in [0.25, 0.3) is 0 Å². The number of carboxylic acids is 1. The smallest absolute Gasteiger partial charge is 0.307 e. The Morgan fingerprint density at radius 3 is 2.55 bits per heavy atom. The zero-order chi connectivity index (χ0) is 16.4. The van der Waals surface area contributed by atoms with Gasteiger partial charge in [0.05, 0.1) is 6.42 Å². The van der Waals surface area contributed by atoms with Gasteiger partial charge in [-0.2, -0.15) is 0 Å². The lowest BCUT2D eigenvalue weighted by Gasteiger charge is -2.11. The number of rotatable bonds is 10. The Morgan fingerprint density at radius 1 is 1.18 bits per heavy atom. The van der Waals surface area contributed by atoms with E-state index in [1.165, 1.54) is 18.4 Å². The molecule has 22 heavy (non-hydrogen) atoms. The van der Waals surface area contributed by atoms with Crippen LogP contribution in [0.2, 0.25) is 0 Å². The highest BCUT2D eigenvalue weighted by Gasteiger charge is 2.09. The highest BCUT2D eigenvalue weighted by molar-refractivity contribution is 5.71. The fourth-order valence-electron chi connectivity index (χ4n) is 2.48. The van der Waals surface area contributed by atoms with E-state index in [1.54, 1.807) is 12.2 Å². The summed E-state index contributed by atoms with van der Waals surface area (Å²) in [5, 5.41) is 9.14. The molecule has 2 heteroatoms. The summed E-state index contributed by atoms with van der Waals surface area (Å²) < 4.78 is 0. The van der Waals surface area contributed by atoms with E-state index < -0.39 is 5.97 Å². The number of aryl methyl sites for hydroxylation is 1. The Labute approximate surface area is 133 Å². The van der Waals surface area contributed by atoms with Crippen LogP contribution in [0.4, 0.5) is 0 Å². The molecular weight excluding hydrogens is 272 g/mol. The molecule has 0 atom stereocenters. The van der Waals surface area contributed by atoms with Crippen molar-refractivity contribution in [3.05, 3.63) is 71.8 Å². The Balaban J connectivity index is 2.99. The summed E-state index contributed by atoms with van der Waals surface area (Å²) in [6, 6.07) is 6.22. The lowest BCUT2D eigenvalue weighted by Crippen LogP contribution is -2.05. The number of hydrogen-bond acceptors (Lipinski definition) is 1. The quantitative estimate of drug-likeness (QED) is 0.493. The minimum atomic E-state index is -0.792. The third kappa shape index (κ3) is 6.13. The highest BCUT2D eigenvalue weighted by Crippen LogP contribution is 2.19. The van der Waals surface area contributed by atoms with E-state index in [0.29, 0.717) is 6.42 Å². The van der Waals surface area contributed by atoms with E-state index in [1.807, 2.05) is 12.1 Å². The van der Waals surface area contributed by atoms with Crippen molar-refractivity contribution in [2.24, 2.45) is 0 Å². The zero-order valence-corrected chi connectivity index (χ0v) is 13.5. The molecule has 0 radical (unpaired) electrons. The summed E-state index contributed by atoms with van der Waals surface area (Å²) in [6.45, 7) is 9.68. The molecule has 0 fully saturated rings. The molecule has 0 saturated heterocycles. The van der Waals surface area contributed by atoms with Gasteiger partial charge in [-0.15, -0.1) is 0 Å². The molecule has 1 N–H and O–H groups in total. The Hall–Kier alpha value is -2.09. The minimum Gasteiger partial charge on any atom is -0.481 e. The molecule has 0 aliphatic carbocycles. The summed E-state index contributed by atoms with van der Waals surface area (Å²) in [5.41, 5.74) is 4.22. The SMILES string of the molecule is C=C/C=C(\C=C)Cc1ccc(CCCCC)cc1CC(=O)O. The molecule has 1 aromatic carbocycles. The van der Waals surface area contributed by atoms with Gasteiger partial charge in [0.1, 0.15) is 0 Å². The van der Waals surface area contributed by atoms with Crippen LogP contribution in [0, 0.1) is 0 Å². The molecule has 0 spiro atoms. The van der Waals surface area contributed by atoms with E-state index in [2.05, 4.69) is 32.2 Å². The van der Waals surface area contributed by atoms with Gasteiger partial charge >= 0.3 is 5.97 Å². The first-order valence-corrected chi connectivity index (χ1v) is 7.87. The zero-order valence-electron chi connectivity index (χ0n) is 13.5. The predicted molar refractivity (Wildman–Crippen MR) is 93.2 cm³/mol. The second-order valence-electron chi connectivity index (χ2n) is 5.49. The van der Waals surface area contributed by atoms with Crippen molar-refractivity contribution in [3.63, 3.8) is 0 Å². The predicted octanol–water partition coefficient (Wildman–Crippen LogP) is 4.89. The van der Waals surface area contributed by atoms with Crippen molar-refractivity contribution in [3.8, 4) is 0 Å². The lowest BCUT2D eigenvalue weighted by atomic mass is 9.94. The highest BCUT2D eigenvalue weighted by atomic mass is 16.4. The van der Waals surface area contributed by atoms with Gasteiger partial charge in [0.2, 0.25) is 0 Å². The second-order valence-corrected chi connectivity index (χ2v) is 5.49. The van der Waals surface area contributed by atoms with Crippen molar-refractivity contribution < 1.29 is 9.90 Å². The van der Waals surface area contributed by atoms with Crippen LogP contribution in [0.3, 0.4) is 0 Å². The molecule has 1 aromatic rings. The molecule has 0 unspecified atom stereocenters. The molecule has 0 bridgehead atoms. The summed E-state index contributed by atoms with van der Waals surface area (Å²) >= 11 is 0. The van der Waals surface area contributed by atoms with E-state index in [9.17, 15) is 4.79 Å². The fourth-order valence-corrected chi connectivity index (χ4v) is 2.48. The first-order valence-electron chi connectivity index (χ1n) is 7.87. The third-order valence-electron chi connectivity index (χ3n) is 3.67. The normalized spacial score (nSPS) is 11.2. The fraction of sp³-hybridized carbons (Fsp3) is 0.350. The topological polar surface area (TPSA) is 37.3 Å². The van der Waals surface area contributed by atoms with Crippen LogP contribution in [0.1, 0.15) is 42.9 Å². The van der Waals surface area contributed by atoms with Crippen molar-refractivity contribution in [2.45, 2.75) is 45.4 Å². The summed E-state index contributed by atoms with van der Waals surface area (Å²) in [4.78, 5) is 11.1. The minimum absolute atomic E-state index is 0.0649. The Kier molecular flexibility index (Phi) is 7.98. The number of carboxylic acid groups (broad SMARTS) is 1. The van der Waals surface area contributed by atoms with Crippen LogP contribution in [0.5, 0.6) is 0 Å². The number of benzene rings is 1. The molecule has 0 saturated carbocycles. The van der Waals surface area contributed by atoms with Crippen molar-refractivity contribution in [1.82, 2.24) is 0 Å². The largest absolute Gasteiger partial charge is 0.481 e. The first kappa shape index (κ1) is 18.0. The van der Waals surface area contributed by atoms with Crippen molar-refractivity contribution in [1.29, 1.82) is 0 Å². The molecule has 118 valence electrons. The third-order valence-corrected chi connectivity index (χ3v) is 3.67. The maximum Gasteiger partial charge on any atom is 0.307 e. The van der Waals surface area contributed by atoms with E-state index >= 15 is 0 Å². The van der Waals surface area contributed by atoms with Gasteiger partial charge in [-0.3, -0.25) is 4.79 Å². The average Bonchev–Trinajstić information content (AvgIpc) is 2.48. The van der Waals surface area contributed by atoms with Crippen LogP contribution in [-0.2, 0) is 24.1 Å². The van der Waals surface area contributed by atoms with Crippen LogP contribution in [-0.4, -0.2) is 11.1 Å².